The predicted octanol–water partition coefficient (Wildman–Crippen LogP) is 5.86. The predicted molar refractivity (Wildman–Crippen MR) is 118 cm³/mol. The van der Waals surface area contributed by atoms with Crippen LogP contribution < -0.4 is 5.32 Å². The Bertz CT molecular complexity index is 1380. The molecule has 0 saturated heterocycles. The normalized spacial score (nSPS) is 12.1. The number of nitrogens with zero attached hydrogens (tertiary/aromatic N) is 3. The first-order valence-corrected chi connectivity index (χ1v) is 11.0. The molecule has 12 heteroatoms. The summed E-state index contributed by atoms with van der Waals surface area (Å²) in [5.74, 6) is -3.44. The zero-order chi connectivity index (χ0) is 25.4. The van der Waals surface area contributed by atoms with Gasteiger partial charge in [-0.1, -0.05) is 31.1 Å². The number of hydrogen-bond acceptors (Lipinski definition) is 6. The van der Waals surface area contributed by atoms with E-state index in [1.165, 1.54) is 35.6 Å². The van der Waals surface area contributed by atoms with Crippen LogP contribution >= 0.6 is 11.3 Å². The van der Waals surface area contributed by atoms with Crippen molar-refractivity contribution in [1.82, 2.24) is 20.4 Å². The highest BCUT2D eigenvalue weighted by Gasteiger charge is 2.38. The fraction of sp³-hybridized carbons (Fsp3) is 0.217. The summed E-state index contributed by atoms with van der Waals surface area (Å²) >= 11 is 1.25. The van der Waals surface area contributed by atoms with Gasteiger partial charge < -0.3 is 9.84 Å². The van der Waals surface area contributed by atoms with E-state index in [1.54, 1.807) is 5.38 Å². The SMILES string of the molecule is CC(C)(CNC(=O)c1cccc(-c2noc(C(F)(F)F)n2)c1)c1nc(-c2cc(F)ccc2F)cs1. The highest BCUT2D eigenvalue weighted by atomic mass is 32.1. The molecule has 0 aliphatic carbocycles. The summed E-state index contributed by atoms with van der Waals surface area (Å²) in [6, 6.07) is 8.90. The number of nitrogens with one attached hydrogen (secondary N) is 1. The Labute approximate surface area is 199 Å². The zero-order valence-corrected chi connectivity index (χ0v) is 19.1. The number of halogens is 5. The molecule has 4 aromatic rings. The standard InChI is InChI=1S/C23H17F5N4O2S/c1-22(2,21-30-17(10-35-21)15-9-14(24)6-7-16(15)25)11-29-19(33)13-5-3-4-12(8-13)18-31-20(34-32-18)23(26,27)28/h3-10H,11H2,1-2H3,(H,29,33). The number of hydrogen-bond donors (Lipinski definition) is 1. The molecule has 182 valence electrons. The lowest BCUT2D eigenvalue weighted by Crippen LogP contribution is -2.36. The summed E-state index contributed by atoms with van der Waals surface area (Å²) in [7, 11) is 0. The van der Waals surface area contributed by atoms with E-state index in [4.69, 9.17) is 0 Å². The summed E-state index contributed by atoms with van der Waals surface area (Å²) in [6.07, 6.45) is -4.78. The van der Waals surface area contributed by atoms with E-state index in [0.717, 1.165) is 18.2 Å². The van der Waals surface area contributed by atoms with Gasteiger partial charge in [-0.15, -0.1) is 11.3 Å². The summed E-state index contributed by atoms with van der Waals surface area (Å²) in [5, 5.41) is 8.29. The molecular weight excluding hydrogens is 491 g/mol. The maximum absolute atomic E-state index is 14.1. The topological polar surface area (TPSA) is 80.9 Å². The molecule has 0 saturated carbocycles. The van der Waals surface area contributed by atoms with Crippen molar-refractivity contribution in [1.29, 1.82) is 0 Å². The Balaban J connectivity index is 1.47. The summed E-state index contributed by atoms with van der Waals surface area (Å²) in [4.78, 5) is 20.5. The molecule has 1 N–H and O–H groups in total. The molecule has 6 nitrogen and oxygen atoms in total. The minimum Gasteiger partial charge on any atom is -0.351 e. The van der Waals surface area contributed by atoms with Crippen LogP contribution in [0.2, 0.25) is 0 Å². The van der Waals surface area contributed by atoms with Crippen LogP contribution in [0.25, 0.3) is 22.6 Å². The average Bonchev–Trinajstić information content (AvgIpc) is 3.50. The summed E-state index contributed by atoms with van der Waals surface area (Å²) < 4.78 is 70.0. The average molecular weight is 508 g/mol. The molecule has 0 atom stereocenters. The minimum absolute atomic E-state index is 0.0410. The van der Waals surface area contributed by atoms with Crippen LogP contribution in [-0.4, -0.2) is 27.6 Å². The van der Waals surface area contributed by atoms with Gasteiger partial charge in [0.2, 0.25) is 5.82 Å². The monoisotopic (exact) mass is 508 g/mol. The van der Waals surface area contributed by atoms with E-state index < -0.39 is 35.0 Å². The van der Waals surface area contributed by atoms with Gasteiger partial charge in [-0.05, 0) is 30.3 Å². The van der Waals surface area contributed by atoms with Gasteiger partial charge in [0.15, 0.2) is 0 Å². The molecule has 2 aromatic heterocycles. The van der Waals surface area contributed by atoms with Crippen molar-refractivity contribution in [3.63, 3.8) is 0 Å². The zero-order valence-electron chi connectivity index (χ0n) is 18.3. The van der Waals surface area contributed by atoms with Gasteiger partial charge in [0.1, 0.15) is 16.6 Å². The van der Waals surface area contributed by atoms with Crippen molar-refractivity contribution < 1.29 is 31.3 Å². The van der Waals surface area contributed by atoms with Crippen LogP contribution in [0.3, 0.4) is 0 Å². The molecule has 0 aliphatic rings. The molecule has 1 amide bonds. The van der Waals surface area contributed by atoms with Gasteiger partial charge in [0, 0.05) is 34.0 Å². The fourth-order valence-corrected chi connectivity index (χ4v) is 4.08. The lowest BCUT2D eigenvalue weighted by atomic mass is 9.94. The van der Waals surface area contributed by atoms with E-state index >= 15 is 0 Å². The number of amides is 1. The van der Waals surface area contributed by atoms with Crippen LogP contribution in [0, 0.1) is 11.6 Å². The van der Waals surface area contributed by atoms with E-state index in [-0.39, 0.29) is 34.8 Å². The smallest absolute Gasteiger partial charge is 0.351 e. The van der Waals surface area contributed by atoms with Gasteiger partial charge in [-0.25, -0.2) is 13.8 Å². The molecule has 0 unspecified atom stereocenters. The third kappa shape index (κ3) is 5.37. The number of rotatable bonds is 6. The van der Waals surface area contributed by atoms with Gasteiger partial charge in [-0.2, -0.15) is 18.2 Å². The number of benzene rings is 2. The minimum atomic E-state index is -4.78. The molecule has 4 rings (SSSR count). The van der Waals surface area contributed by atoms with Crippen LogP contribution in [0.5, 0.6) is 0 Å². The van der Waals surface area contributed by atoms with Crippen LogP contribution in [-0.2, 0) is 11.6 Å². The highest BCUT2D eigenvalue weighted by Crippen LogP contribution is 2.32. The molecule has 2 heterocycles. The summed E-state index contributed by atoms with van der Waals surface area (Å²) in [6.45, 7) is 3.80. The second-order valence-electron chi connectivity index (χ2n) is 8.23. The van der Waals surface area contributed by atoms with Crippen molar-refractivity contribution in [2.24, 2.45) is 0 Å². The van der Waals surface area contributed by atoms with E-state index in [9.17, 15) is 26.7 Å². The Hall–Kier alpha value is -3.67. The maximum Gasteiger partial charge on any atom is 0.471 e. The van der Waals surface area contributed by atoms with Crippen molar-refractivity contribution in [3.8, 4) is 22.6 Å². The number of carbonyl (C=O) groups excluding carboxylic acids is 1. The molecule has 35 heavy (non-hydrogen) atoms. The Morgan fingerprint density at radius 1 is 1.09 bits per heavy atom. The van der Waals surface area contributed by atoms with E-state index in [0.29, 0.717) is 5.01 Å². The lowest BCUT2D eigenvalue weighted by molar-refractivity contribution is -0.159. The van der Waals surface area contributed by atoms with Crippen molar-refractivity contribution in [2.45, 2.75) is 25.4 Å². The Morgan fingerprint density at radius 3 is 2.57 bits per heavy atom. The van der Waals surface area contributed by atoms with Gasteiger partial charge in [-0.3, -0.25) is 4.79 Å². The quantitative estimate of drug-likeness (QED) is 0.330. The highest BCUT2D eigenvalue weighted by molar-refractivity contribution is 7.10. The fourth-order valence-electron chi connectivity index (χ4n) is 3.14. The van der Waals surface area contributed by atoms with Crippen LogP contribution in [0.15, 0.2) is 52.4 Å². The van der Waals surface area contributed by atoms with Crippen LogP contribution in [0.1, 0.15) is 35.1 Å². The third-order valence-corrected chi connectivity index (χ3v) is 6.24. The second-order valence-corrected chi connectivity index (χ2v) is 9.09. The Kier molecular flexibility index (Phi) is 6.41. The first-order valence-electron chi connectivity index (χ1n) is 10.1. The number of alkyl halides is 3. The van der Waals surface area contributed by atoms with Crippen molar-refractivity contribution >= 4 is 17.2 Å². The first-order chi connectivity index (χ1) is 16.4. The van der Waals surface area contributed by atoms with Crippen LogP contribution in [0.4, 0.5) is 22.0 Å². The number of aromatic nitrogens is 3. The first kappa shape index (κ1) is 24.5. The molecule has 0 spiro atoms. The summed E-state index contributed by atoms with van der Waals surface area (Å²) in [5.41, 5.74) is 0.0258. The lowest BCUT2D eigenvalue weighted by Gasteiger charge is -2.22. The van der Waals surface area contributed by atoms with Gasteiger partial charge in [0.05, 0.1) is 5.69 Å². The number of thiazole rings is 1. The molecule has 0 aliphatic heterocycles. The molecule has 0 radical (unpaired) electrons. The Morgan fingerprint density at radius 2 is 1.86 bits per heavy atom. The maximum atomic E-state index is 14.1. The molecule has 0 fully saturated rings. The number of carbonyl (C=O) groups is 1. The van der Waals surface area contributed by atoms with Gasteiger partial charge in [0.25, 0.3) is 5.91 Å². The molecule has 0 bridgehead atoms. The van der Waals surface area contributed by atoms with Crippen molar-refractivity contribution in [2.75, 3.05) is 6.54 Å². The van der Waals surface area contributed by atoms with E-state index in [2.05, 4.69) is 25.0 Å². The van der Waals surface area contributed by atoms with Gasteiger partial charge >= 0.3 is 12.1 Å². The third-order valence-electron chi connectivity index (χ3n) is 5.03. The van der Waals surface area contributed by atoms with Crippen molar-refractivity contribution in [3.05, 3.63) is 75.9 Å². The largest absolute Gasteiger partial charge is 0.471 e. The second kappa shape index (κ2) is 9.17. The molecule has 2 aromatic carbocycles. The van der Waals surface area contributed by atoms with E-state index in [1.807, 2.05) is 13.8 Å². The molecular formula is C23H17F5N4O2S.